The minimum atomic E-state index is 0.346. The lowest BCUT2D eigenvalue weighted by Crippen LogP contribution is -2.26. The fourth-order valence-electron chi connectivity index (χ4n) is 2.18. The van der Waals surface area contributed by atoms with Crippen molar-refractivity contribution < 1.29 is 5.11 Å². The molecule has 0 aromatic heterocycles. The third-order valence-electron chi connectivity index (χ3n) is 3.38. The van der Waals surface area contributed by atoms with Gasteiger partial charge in [-0.1, -0.05) is 54.3 Å². The Labute approximate surface area is 129 Å². The Bertz CT molecular complexity index is 608. The van der Waals surface area contributed by atoms with Gasteiger partial charge in [0.1, 0.15) is 10.1 Å². The molecule has 0 saturated carbocycles. The van der Waals surface area contributed by atoms with E-state index in [-0.39, 0.29) is 0 Å². The summed E-state index contributed by atoms with van der Waals surface area (Å²) in [4.78, 5) is 2.15. The molecular weight excluding hydrogens is 286 g/mol. The van der Waals surface area contributed by atoms with Gasteiger partial charge in [-0.15, -0.1) is 0 Å². The van der Waals surface area contributed by atoms with E-state index < -0.39 is 0 Å². The molecular formula is C16H19NOS2. The number of fused-ring (bicyclic) bond motifs is 1. The lowest BCUT2D eigenvalue weighted by atomic mass is 10.0. The van der Waals surface area contributed by atoms with Crippen molar-refractivity contribution >= 4 is 39.1 Å². The smallest absolute Gasteiger partial charge is 0.136 e. The number of benzene rings is 2. The van der Waals surface area contributed by atoms with Gasteiger partial charge in [0.05, 0.1) is 0 Å². The molecule has 0 aliphatic heterocycles. The number of thiocarbonyl (C=S) groups is 1. The largest absolute Gasteiger partial charge is 0.508 e. The van der Waals surface area contributed by atoms with Gasteiger partial charge in [0.2, 0.25) is 0 Å². The third-order valence-corrected chi connectivity index (χ3v) is 4.93. The highest BCUT2D eigenvalue weighted by atomic mass is 32.2. The number of phenolic OH excluding ortho intramolecular Hbond substituents is 1. The second kappa shape index (κ2) is 6.95. The molecule has 0 saturated heterocycles. The third kappa shape index (κ3) is 3.25. The highest BCUT2D eigenvalue weighted by Crippen LogP contribution is 2.31. The Balaban J connectivity index is 2.21. The molecule has 0 heterocycles. The predicted molar refractivity (Wildman–Crippen MR) is 92.4 cm³/mol. The second-order valence-electron chi connectivity index (χ2n) is 4.51. The molecule has 0 bridgehead atoms. The average Bonchev–Trinajstić information content (AvgIpc) is 2.47. The number of hydrogen-bond donors (Lipinski definition) is 1. The van der Waals surface area contributed by atoms with Crippen LogP contribution >= 0.6 is 24.0 Å². The Kier molecular flexibility index (Phi) is 5.26. The van der Waals surface area contributed by atoms with Crippen LogP contribution in [0, 0.1) is 0 Å². The number of thioether (sulfide) groups is 1. The topological polar surface area (TPSA) is 23.5 Å². The van der Waals surface area contributed by atoms with E-state index in [0.717, 1.165) is 33.7 Å². The van der Waals surface area contributed by atoms with Crippen LogP contribution in [0.4, 0.5) is 0 Å². The minimum absolute atomic E-state index is 0.346. The van der Waals surface area contributed by atoms with Gasteiger partial charge in [0.25, 0.3) is 0 Å². The summed E-state index contributed by atoms with van der Waals surface area (Å²) in [6, 6.07) is 11.8. The first-order valence-electron chi connectivity index (χ1n) is 6.78. The summed E-state index contributed by atoms with van der Waals surface area (Å²) in [6.07, 6.45) is 0. The minimum Gasteiger partial charge on any atom is -0.508 e. The van der Waals surface area contributed by atoms with Crippen LogP contribution in [0.3, 0.4) is 0 Å². The van der Waals surface area contributed by atoms with Crippen molar-refractivity contribution in [1.29, 1.82) is 0 Å². The van der Waals surface area contributed by atoms with E-state index >= 15 is 0 Å². The van der Waals surface area contributed by atoms with Crippen LogP contribution in [0.2, 0.25) is 0 Å². The van der Waals surface area contributed by atoms with E-state index in [1.165, 1.54) is 0 Å². The van der Waals surface area contributed by atoms with Crippen molar-refractivity contribution in [2.24, 2.45) is 0 Å². The van der Waals surface area contributed by atoms with Gasteiger partial charge in [0, 0.05) is 24.4 Å². The maximum atomic E-state index is 10.1. The quantitative estimate of drug-likeness (QED) is 0.846. The summed E-state index contributed by atoms with van der Waals surface area (Å²) >= 11 is 7.06. The summed E-state index contributed by atoms with van der Waals surface area (Å²) in [7, 11) is 0. The molecule has 0 radical (unpaired) electrons. The number of aromatic hydroxyl groups is 1. The zero-order chi connectivity index (χ0) is 14.5. The Morgan fingerprint density at radius 3 is 2.55 bits per heavy atom. The number of rotatable bonds is 4. The molecule has 0 unspecified atom stereocenters. The zero-order valence-corrected chi connectivity index (χ0v) is 13.4. The van der Waals surface area contributed by atoms with Gasteiger partial charge in [-0.25, -0.2) is 0 Å². The van der Waals surface area contributed by atoms with Crippen molar-refractivity contribution in [2.45, 2.75) is 19.6 Å². The molecule has 2 rings (SSSR count). The second-order valence-corrected chi connectivity index (χ2v) is 6.12. The highest BCUT2D eigenvalue weighted by Gasteiger charge is 2.11. The van der Waals surface area contributed by atoms with Gasteiger partial charge in [-0.05, 0) is 30.7 Å². The molecule has 0 fully saturated rings. The monoisotopic (exact) mass is 305 g/mol. The maximum Gasteiger partial charge on any atom is 0.136 e. The van der Waals surface area contributed by atoms with Gasteiger partial charge in [0.15, 0.2) is 0 Å². The van der Waals surface area contributed by atoms with Gasteiger partial charge in [-0.2, -0.15) is 0 Å². The van der Waals surface area contributed by atoms with Gasteiger partial charge < -0.3 is 10.0 Å². The average molecular weight is 305 g/mol. The lowest BCUT2D eigenvalue weighted by molar-refractivity contribution is 0.471. The standard InChI is InChI=1S/C16H19NOS2/c1-3-17(4-2)16(19)20-11-14-13-8-6-5-7-12(13)9-10-15(14)18/h5-10,18H,3-4,11H2,1-2H3. The van der Waals surface area contributed by atoms with Gasteiger partial charge >= 0.3 is 0 Å². The predicted octanol–water partition coefficient (Wildman–Crippen LogP) is 4.41. The Morgan fingerprint density at radius 2 is 1.85 bits per heavy atom. The molecule has 2 aromatic carbocycles. The van der Waals surface area contributed by atoms with Crippen LogP contribution < -0.4 is 0 Å². The Morgan fingerprint density at radius 1 is 1.15 bits per heavy atom. The first-order chi connectivity index (χ1) is 9.67. The Hall–Kier alpha value is -1.26. The van der Waals surface area contributed by atoms with Crippen LogP contribution in [0.25, 0.3) is 10.8 Å². The van der Waals surface area contributed by atoms with E-state index in [1.54, 1.807) is 17.8 Å². The van der Waals surface area contributed by atoms with Crippen molar-refractivity contribution in [3.63, 3.8) is 0 Å². The summed E-state index contributed by atoms with van der Waals surface area (Å²) in [6.45, 7) is 6.05. The van der Waals surface area contributed by atoms with E-state index in [0.29, 0.717) is 11.5 Å². The molecule has 0 amide bonds. The van der Waals surface area contributed by atoms with Crippen molar-refractivity contribution in [1.82, 2.24) is 4.90 Å². The normalized spacial score (nSPS) is 10.7. The molecule has 0 aliphatic rings. The summed E-state index contributed by atoms with van der Waals surface area (Å²) in [5.74, 6) is 1.04. The first kappa shape index (κ1) is 15.1. The molecule has 2 aromatic rings. The fraction of sp³-hybridized carbons (Fsp3) is 0.312. The highest BCUT2D eigenvalue weighted by molar-refractivity contribution is 8.22. The maximum absolute atomic E-state index is 10.1. The van der Waals surface area contributed by atoms with Crippen molar-refractivity contribution in [3.05, 3.63) is 42.0 Å². The van der Waals surface area contributed by atoms with Crippen LogP contribution in [-0.2, 0) is 5.75 Å². The zero-order valence-electron chi connectivity index (χ0n) is 11.8. The first-order valence-corrected chi connectivity index (χ1v) is 8.18. The van der Waals surface area contributed by atoms with E-state index in [4.69, 9.17) is 12.2 Å². The molecule has 4 heteroatoms. The van der Waals surface area contributed by atoms with Crippen molar-refractivity contribution in [2.75, 3.05) is 13.1 Å². The summed E-state index contributed by atoms with van der Waals surface area (Å²) in [5.41, 5.74) is 0.961. The van der Waals surface area contributed by atoms with E-state index in [1.807, 2.05) is 24.3 Å². The molecule has 0 aliphatic carbocycles. The van der Waals surface area contributed by atoms with E-state index in [9.17, 15) is 5.11 Å². The number of phenols is 1. The number of nitrogens with zero attached hydrogens (tertiary/aromatic N) is 1. The fourth-order valence-corrected chi connectivity index (χ4v) is 3.63. The summed E-state index contributed by atoms with van der Waals surface area (Å²) < 4.78 is 0.891. The molecule has 20 heavy (non-hydrogen) atoms. The van der Waals surface area contributed by atoms with Crippen LogP contribution in [0.5, 0.6) is 5.75 Å². The summed E-state index contributed by atoms with van der Waals surface area (Å²) in [5, 5.41) is 12.4. The van der Waals surface area contributed by atoms with E-state index in [2.05, 4.69) is 24.8 Å². The molecule has 1 N–H and O–H groups in total. The van der Waals surface area contributed by atoms with Crippen molar-refractivity contribution in [3.8, 4) is 5.75 Å². The number of hydrogen-bond acceptors (Lipinski definition) is 3. The lowest BCUT2D eigenvalue weighted by Gasteiger charge is -2.21. The SMILES string of the molecule is CCN(CC)C(=S)SCc1c(O)ccc2ccccc12. The molecule has 2 nitrogen and oxygen atoms in total. The van der Waals surface area contributed by atoms with Crippen LogP contribution in [0.15, 0.2) is 36.4 Å². The molecule has 0 spiro atoms. The molecule has 106 valence electrons. The van der Waals surface area contributed by atoms with Crippen LogP contribution in [0.1, 0.15) is 19.4 Å². The van der Waals surface area contributed by atoms with Gasteiger partial charge in [-0.3, -0.25) is 0 Å². The molecule has 0 atom stereocenters. The van der Waals surface area contributed by atoms with Crippen LogP contribution in [-0.4, -0.2) is 27.4 Å².